The number of hydrogen-bond acceptors (Lipinski definition) is 2. The highest BCUT2D eigenvalue weighted by Crippen LogP contribution is 2.17. The molecule has 0 radical (unpaired) electrons. The summed E-state index contributed by atoms with van der Waals surface area (Å²) in [6.45, 7) is 5.25. The van der Waals surface area contributed by atoms with Crippen LogP contribution < -0.4 is 0 Å². The van der Waals surface area contributed by atoms with Crippen LogP contribution >= 0.6 is 15.9 Å². The van der Waals surface area contributed by atoms with Gasteiger partial charge in [0.05, 0.1) is 12.2 Å². The molecule has 0 saturated heterocycles. The zero-order valence-electron chi connectivity index (χ0n) is 9.86. The summed E-state index contributed by atoms with van der Waals surface area (Å²) in [4.78, 5) is 14.0. The van der Waals surface area contributed by atoms with E-state index in [-0.39, 0.29) is 5.91 Å². The van der Waals surface area contributed by atoms with Crippen LogP contribution in [-0.2, 0) is 4.74 Å². The van der Waals surface area contributed by atoms with Gasteiger partial charge < -0.3 is 9.64 Å². The Morgan fingerprint density at radius 1 is 1.53 bits per heavy atom. The third-order valence-electron chi connectivity index (χ3n) is 2.31. The third kappa shape index (κ3) is 3.98. The fraction of sp³-hybridized carbons (Fsp3) is 0.308. The Labute approximate surface area is 110 Å². The lowest BCUT2D eigenvalue weighted by atomic mass is 10.2. The summed E-state index contributed by atoms with van der Waals surface area (Å²) in [5, 5.41) is 0. The molecule has 92 valence electrons. The van der Waals surface area contributed by atoms with Crippen molar-refractivity contribution in [1.82, 2.24) is 4.90 Å². The predicted molar refractivity (Wildman–Crippen MR) is 72.1 cm³/mol. The predicted octanol–water partition coefficient (Wildman–Crippen LogP) is 2.72. The van der Waals surface area contributed by atoms with Crippen molar-refractivity contribution >= 4 is 21.8 Å². The highest BCUT2D eigenvalue weighted by molar-refractivity contribution is 9.10. The van der Waals surface area contributed by atoms with Gasteiger partial charge in [-0.3, -0.25) is 4.79 Å². The molecular formula is C13H16BrNO2. The van der Waals surface area contributed by atoms with E-state index in [0.717, 1.165) is 4.47 Å². The smallest absolute Gasteiger partial charge is 0.255 e. The fourth-order valence-electron chi connectivity index (χ4n) is 1.44. The van der Waals surface area contributed by atoms with E-state index in [1.807, 2.05) is 18.2 Å². The van der Waals surface area contributed by atoms with E-state index < -0.39 is 0 Å². The second-order valence-electron chi connectivity index (χ2n) is 3.51. The van der Waals surface area contributed by atoms with Crippen molar-refractivity contribution in [2.75, 3.05) is 26.8 Å². The van der Waals surface area contributed by atoms with E-state index in [4.69, 9.17) is 4.74 Å². The Morgan fingerprint density at radius 3 is 2.82 bits per heavy atom. The van der Waals surface area contributed by atoms with Crippen molar-refractivity contribution in [3.8, 4) is 0 Å². The van der Waals surface area contributed by atoms with E-state index in [1.165, 1.54) is 0 Å². The van der Waals surface area contributed by atoms with Crippen LogP contribution in [0.5, 0.6) is 0 Å². The fourth-order valence-corrected chi connectivity index (χ4v) is 1.89. The number of carbonyl (C=O) groups is 1. The van der Waals surface area contributed by atoms with Gasteiger partial charge in [-0.25, -0.2) is 0 Å². The van der Waals surface area contributed by atoms with E-state index in [9.17, 15) is 4.79 Å². The van der Waals surface area contributed by atoms with Crippen molar-refractivity contribution in [1.29, 1.82) is 0 Å². The summed E-state index contributed by atoms with van der Waals surface area (Å²) in [6.07, 6.45) is 1.71. The van der Waals surface area contributed by atoms with Crippen LogP contribution in [0.1, 0.15) is 10.4 Å². The number of halogens is 1. The molecule has 0 fully saturated rings. The third-order valence-corrected chi connectivity index (χ3v) is 3.00. The van der Waals surface area contributed by atoms with Gasteiger partial charge in [0.25, 0.3) is 5.91 Å². The molecule has 0 aliphatic carbocycles. The first-order chi connectivity index (χ1) is 8.20. The SMILES string of the molecule is C=CCN(CCOC)C(=O)c1ccccc1Br. The molecule has 1 aromatic rings. The van der Waals surface area contributed by atoms with Crippen molar-refractivity contribution in [2.45, 2.75) is 0 Å². The van der Waals surface area contributed by atoms with Crippen LogP contribution in [0.25, 0.3) is 0 Å². The number of rotatable bonds is 6. The number of carbonyl (C=O) groups excluding carboxylic acids is 1. The second-order valence-corrected chi connectivity index (χ2v) is 4.37. The monoisotopic (exact) mass is 297 g/mol. The zero-order valence-corrected chi connectivity index (χ0v) is 11.4. The van der Waals surface area contributed by atoms with Crippen LogP contribution in [-0.4, -0.2) is 37.6 Å². The molecule has 0 bridgehead atoms. The Hall–Kier alpha value is -1.13. The average molecular weight is 298 g/mol. The minimum absolute atomic E-state index is 0.0191. The number of amides is 1. The standard InChI is InChI=1S/C13H16BrNO2/c1-3-8-15(9-10-17-2)13(16)11-6-4-5-7-12(11)14/h3-7H,1,8-10H2,2H3. The van der Waals surface area contributed by atoms with Crippen LogP contribution in [0.3, 0.4) is 0 Å². The first-order valence-electron chi connectivity index (χ1n) is 5.34. The van der Waals surface area contributed by atoms with Crippen LogP contribution in [0.2, 0.25) is 0 Å². The molecule has 3 nitrogen and oxygen atoms in total. The van der Waals surface area contributed by atoms with Crippen molar-refractivity contribution in [3.63, 3.8) is 0 Å². The summed E-state index contributed by atoms with van der Waals surface area (Å²) >= 11 is 3.38. The maximum absolute atomic E-state index is 12.3. The molecule has 0 heterocycles. The molecule has 17 heavy (non-hydrogen) atoms. The summed E-state index contributed by atoms with van der Waals surface area (Å²) in [5.74, 6) is -0.0191. The normalized spacial score (nSPS) is 10.0. The molecule has 0 atom stereocenters. The van der Waals surface area contributed by atoms with Gasteiger partial charge in [0.15, 0.2) is 0 Å². The van der Waals surface area contributed by atoms with E-state index in [1.54, 1.807) is 24.2 Å². The highest BCUT2D eigenvalue weighted by atomic mass is 79.9. The first-order valence-corrected chi connectivity index (χ1v) is 6.13. The van der Waals surface area contributed by atoms with Gasteiger partial charge in [-0.1, -0.05) is 18.2 Å². The van der Waals surface area contributed by atoms with E-state index in [0.29, 0.717) is 25.3 Å². The number of methoxy groups -OCH3 is 1. The number of benzene rings is 1. The minimum atomic E-state index is -0.0191. The molecule has 0 aliphatic heterocycles. The van der Waals surface area contributed by atoms with Crippen molar-refractivity contribution in [3.05, 3.63) is 47.0 Å². The van der Waals surface area contributed by atoms with Gasteiger partial charge in [0.2, 0.25) is 0 Å². The van der Waals surface area contributed by atoms with Gasteiger partial charge in [-0.2, -0.15) is 0 Å². The second kappa shape index (κ2) is 7.25. The molecule has 1 amide bonds. The van der Waals surface area contributed by atoms with Gasteiger partial charge in [-0.05, 0) is 28.1 Å². The lowest BCUT2D eigenvalue weighted by Gasteiger charge is -2.21. The molecule has 0 unspecified atom stereocenters. The maximum atomic E-state index is 12.3. The minimum Gasteiger partial charge on any atom is -0.383 e. The van der Waals surface area contributed by atoms with Crippen LogP contribution in [0.4, 0.5) is 0 Å². The summed E-state index contributed by atoms with van der Waals surface area (Å²) < 4.78 is 5.80. The average Bonchev–Trinajstić information content (AvgIpc) is 2.34. The maximum Gasteiger partial charge on any atom is 0.255 e. The summed E-state index contributed by atoms with van der Waals surface area (Å²) in [6, 6.07) is 7.39. The Bertz CT molecular complexity index is 393. The van der Waals surface area contributed by atoms with Gasteiger partial charge >= 0.3 is 0 Å². The molecule has 0 N–H and O–H groups in total. The number of hydrogen-bond donors (Lipinski definition) is 0. The molecule has 0 saturated carbocycles. The molecule has 4 heteroatoms. The highest BCUT2D eigenvalue weighted by Gasteiger charge is 2.16. The van der Waals surface area contributed by atoms with Gasteiger partial charge in [-0.15, -0.1) is 6.58 Å². The largest absolute Gasteiger partial charge is 0.383 e. The van der Waals surface area contributed by atoms with Gasteiger partial charge in [0, 0.05) is 24.7 Å². The Morgan fingerprint density at radius 2 is 2.24 bits per heavy atom. The van der Waals surface area contributed by atoms with E-state index in [2.05, 4.69) is 22.5 Å². The Balaban J connectivity index is 2.83. The van der Waals surface area contributed by atoms with Crippen molar-refractivity contribution < 1.29 is 9.53 Å². The lowest BCUT2D eigenvalue weighted by molar-refractivity contribution is 0.0717. The molecule has 1 rings (SSSR count). The summed E-state index contributed by atoms with van der Waals surface area (Å²) in [7, 11) is 1.62. The first kappa shape index (κ1) is 13.9. The topological polar surface area (TPSA) is 29.5 Å². The molecule has 1 aromatic carbocycles. The Kier molecular flexibility index (Phi) is 5.94. The quantitative estimate of drug-likeness (QED) is 0.756. The number of nitrogens with zero attached hydrogens (tertiary/aromatic N) is 1. The molecule has 0 spiro atoms. The molecule has 0 aliphatic rings. The van der Waals surface area contributed by atoms with Gasteiger partial charge in [0.1, 0.15) is 0 Å². The van der Waals surface area contributed by atoms with Crippen LogP contribution in [0, 0.1) is 0 Å². The van der Waals surface area contributed by atoms with Crippen molar-refractivity contribution in [2.24, 2.45) is 0 Å². The molecular weight excluding hydrogens is 282 g/mol. The number of ether oxygens (including phenoxy) is 1. The lowest BCUT2D eigenvalue weighted by Crippen LogP contribution is -2.34. The molecule has 0 aromatic heterocycles. The summed E-state index contributed by atoms with van der Waals surface area (Å²) in [5.41, 5.74) is 0.658. The van der Waals surface area contributed by atoms with E-state index >= 15 is 0 Å². The van der Waals surface area contributed by atoms with Crippen LogP contribution in [0.15, 0.2) is 41.4 Å². The zero-order chi connectivity index (χ0) is 12.7.